The molecule has 3 rings (SSSR count). The summed E-state index contributed by atoms with van der Waals surface area (Å²) < 4.78 is 18.7. The number of quaternary nitrogens is 1. The molecular weight excluding hydrogens is 974 g/mol. The van der Waals surface area contributed by atoms with E-state index in [2.05, 4.69) is 278 Å². The van der Waals surface area contributed by atoms with Gasteiger partial charge in [-0.1, -0.05) is 147 Å². The fourth-order valence-corrected chi connectivity index (χ4v) is 7.92. The van der Waals surface area contributed by atoms with Crippen LogP contribution in [0.25, 0.3) is 0 Å². The van der Waals surface area contributed by atoms with E-state index < -0.39 is 0 Å². The predicted octanol–water partition coefficient (Wildman–Crippen LogP) is 10.0. The van der Waals surface area contributed by atoms with E-state index in [0.29, 0.717) is 38.2 Å². The highest BCUT2D eigenvalue weighted by Gasteiger charge is 2.37. The Morgan fingerprint density at radius 3 is 1.25 bits per heavy atom. The molecule has 0 bridgehead atoms. The number of hydrogen-bond acceptors (Lipinski definition) is 3. The van der Waals surface area contributed by atoms with Crippen LogP contribution in [0, 0.1) is 220 Å². The molecule has 1 aliphatic rings. The van der Waals surface area contributed by atoms with E-state index in [-0.39, 0.29) is 17.0 Å². The summed E-state index contributed by atoms with van der Waals surface area (Å²) in [7, 11) is 1.52. The summed E-state index contributed by atoms with van der Waals surface area (Å²) in [5, 5.41) is 0. The van der Waals surface area contributed by atoms with Crippen molar-refractivity contribution in [2.45, 2.75) is 136 Å². The molecule has 0 aliphatic carbocycles. The van der Waals surface area contributed by atoms with E-state index in [1.807, 2.05) is 7.05 Å². The normalized spacial score (nSPS) is 11.1. The van der Waals surface area contributed by atoms with Crippen LogP contribution in [-0.2, 0) is 20.6 Å². The highest BCUT2D eigenvalue weighted by Crippen LogP contribution is 2.32. The lowest BCUT2D eigenvalue weighted by atomic mass is 9.75. The molecule has 0 saturated carbocycles. The van der Waals surface area contributed by atoms with Crippen molar-refractivity contribution < 1.29 is 18.5 Å². The van der Waals surface area contributed by atoms with Crippen molar-refractivity contribution in [2.75, 3.05) is 33.5 Å². The summed E-state index contributed by atoms with van der Waals surface area (Å²) >= 11 is 0. The van der Waals surface area contributed by atoms with Crippen LogP contribution in [-0.4, -0.2) is 45.1 Å². The first-order valence-corrected chi connectivity index (χ1v) is 27.1. The number of nitrogens with zero attached hydrogens (tertiary/aromatic N) is 1. The van der Waals surface area contributed by atoms with Gasteiger partial charge in [0.25, 0.3) is 0 Å². The Morgan fingerprint density at radius 1 is 0.500 bits per heavy atom. The molecule has 2 unspecified atom stereocenters. The highest BCUT2D eigenvalue weighted by molar-refractivity contribution is 6.61. The first kappa shape index (κ1) is 64.7. The molecule has 0 radical (unpaired) electrons. The average molecular weight is 1040 g/mol. The van der Waals surface area contributed by atoms with Gasteiger partial charge in [0.15, 0.2) is 12.1 Å². The van der Waals surface area contributed by atoms with Crippen molar-refractivity contribution in [2.24, 2.45) is 5.41 Å². The summed E-state index contributed by atoms with van der Waals surface area (Å²) in [6, 6.07) is 23.7. The van der Waals surface area contributed by atoms with Crippen molar-refractivity contribution in [3.8, 4) is 214 Å². The van der Waals surface area contributed by atoms with E-state index in [9.17, 15) is 0 Å². The van der Waals surface area contributed by atoms with E-state index in [0.717, 1.165) is 36.9 Å². The van der Waals surface area contributed by atoms with Crippen molar-refractivity contribution >= 4 is 12.6 Å². The SMILES string of the molecule is C#CC#CC#CC#CC#CC#CC#CC#CC#C[N+](C)(C#CC#CC#CC#CC#CC#CC#CC#CC#C)Cc1ccc(C(CC)CC(C)c2ccc(B3OCC(C)(COCCCCCCCCCCCCCC)CO3)cc2)cc1. The maximum atomic E-state index is 6.28. The summed E-state index contributed by atoms with van der Waals surface area (Å²) in [6.07, 6.45) is 28.1. The first-order chi connectivity index (χ1) is 39.2. The Balaban J connectivity index is 1.59. The van der Waals surface area contributed by atoms with Gasteiger partial charge in [-0.3, -0.25) is 0 Å². The summed E-state index contributed by atoms with van der Waals surface area (Å²) in [5.41, 5.74) is 4.50. The molecule has 0 aromatic heterocycles. The van der Waals surface area contributed by atoms with Gasteiger partial charge < -0.3 is 14.0 Å². The average Bonchev–Trinajstić information content (AvgIpc) is 3.47. The molecule has 4 nitrogen and oxygen atoms in total. The van der Waals surface area contributed by atoms with Crippen LogP contribution in [0.5, 0.6) is 0 Å². The molecule has 2 aromatic rings. The Kier molecular flexibility index (Phi) is 34.4. The second-order valence-corrected chi connectivity index (χ2v) is 19.0. The molecular formula is C75H65BNO3+. The molecule has 1 aliphatic heterocycles. The fourth-order valence-electron chi connectivity index (χ4n) is 7.92. The molecule has 80 heavy (non-hydrogen) atoms. The van der Waals surface area contributed by atoms with Gasteiger partial charge >= 0.3 is 7.12 Å². The largest absolute Gasteiger partial charge is 0.493 e. The second-order valence-electron chi connectivity index (χ2n) is 19.0. The minimum Gasteiger partial charge on any atom is -0.407 e. The predicted molar refractivity (Wildman–Crippen MR) is 328 cm³/mol. The molecule has 1 heterocycles. The van der Waals surface area contributed by atoms with Crippen LogP contribution in [0.3, 0.4) is 0 Å². The van der Waals surface area contributed by atoms with E-state index in [1.54, 1.807) is 0 Å². The zero-order valence-corrected chi connectivity index (χ0v) is 47.1. The van der Waals surface area contributed by atoms with Crippen LogP contribution in [0.2, 0.25) is 0 Å². The van der Waals surface area contributed by atoms with Crippen LogP contribution in [0.1, 0.15) is 146 Å². The first-order valence-electron chi connectivity index (χ1n) is 27.1. The highest BCUT2D eigenvalue weighted by atomic mass is 16.6. The molecule has 1 saturated heterocycles. The summed E-state index contributed by atoms with van der Waals surface area (Å²) in [6.45, 7) is 12.1. The van der Waals surface area contributed by atoms with E-state index in [4.69, 9.17) is 26.9 Å². The minimum absolute atomic E-state index is 0.00653. The molecule has 2 atom stereocenters. The number of hydrogen-bond donors (Lipinski definition) is 0. The fraction of sp³-hybridized carbons (Fsp3) is 0.360. The lowest BCUT2D eigenvalue weighted by Gasteiger charge is -2.36. The van der Waals surface area contributed by atoms with Crippen molar-refractivity contribution in [3.63, 3.8) is 0 Å². The third-order valence-corrected chi connectivity index (χ3v) is 12.1. The molecule has 2 aromatic carbocycles. The zero-order chi connectivity index (χ0) is 57.3. The van der Waals surface area contributed by atoms with Gasteiger partial charge in [-0.25, -0.2) is 0 Å². The van der Waals surface area contributed by atoms with Crippen molar-refractivity contribution in [1.29, 1.82) is 0 Å². The van der Waals surface area contributed by atoms with Gasteiger partial charge in [0.05, 0.1) is 25.5 Å². The number of terminal acetylenes is 2. The molecule has 1 fully saturated rings. The minimum atomic E-state index is -0.376. The third-order valence-electron chi connectivity index (χ3n) is 12.1. The van der Waals surface area contributed by atoms with Gasteiger partial charge in [-0.05, 0) is 142 Å². The van der Waals surface area contributed by atoms with Gasteiger partial charge in [-0.15, -0.1) is 12.8 Å². The standard InChI is InChI=1S/C75H65BNO3/c1-8-12-15-18-21-24-27-30-32-34-36-38-41-44-47-50-61-77(7,62-51-48-45-42-39-37-35-33-31-28-25-22-19-16-13-9-2)65-70-53-55-73(56-54-70)71(11-4)64-69(5)72-57-59-74(60-58-72)76-79-67-75(6,68-80-76)66-78-63-52-49-46-43-40-29-26-23-20-17-14-10-3/h1-2,53-60,69,71H,10-11,14,17,20,23,26,29,40,43,46,49,52,63-68H2,3-7H3/q+1. The van der Waals surface area contributed by atoms with Crippen LogP contribution < -0.4 is 5.46 Å². The number of benzene rings is 2. The van der Waals surface area contributed by atoms with Crippen LogP contribution >= 0.6 is 0 Å². The quantitative estimate of drug-likeness (QED) is 0.0481. The van der Waals surface area contributed by atoms with Gasteiger partial charge in [0, 0.05) is 114 Å². The maximum absolute atomic E-state index is 6.28. The maximum Gasteiger partial charge on any atom is 0.493 e. The van der Waals surface area contributed by atoms with E-state index >= 15 is 0 Å². The zero-order valence-electron chi connectivity index (χ0n) is 47.1. The Morgan fingerprint density at radius 2 is 0.863 bits per heavy atom. The number of rotatable bonds is 23. The molecule has 0 spiro atoms. The Bertz CT molecular complexity index is 3390. The lowest BCUT2D eigenvalue weighted by molar-refractivity contribution is -0.787. The molecule has 5 heteroatoms. The topological polar surface area (TPSA) is 27.7 Å². The monoisotopic (exact) mass is 1040 g/mol. The summed E-state index contributed by atoms with van der Waals surface area (Å²) in [4.78, 5) is 0. The van der Waals surface area contributed by atoms with Crippen LogP contribution in [0.15, 0.2) is 48.5 Å². The number of ether oxygens (including phenoxy) is 1. The smallest absolute Gasteiger partial charge is 0.407 e. The lowest BCUT2D eigenvalue weighted by Crippen LogP contribution is -2.50. The van der Waals surface area contributed by atoms with Crippen molar-refractivity contribution in [1.82, 2.24) is 0 Å². The Labute approximate surface area is 483 Å². The molecule has 0 amide bonds. The van der Waals surface area contributed by atoms with Gasteiger partial charge in [0.2, 0.25) is 0 Å². The third kappa shape index (κ3) is 30.8. The van der Waals surface area contributed by atoms with Crippen molar-refractivity contribution in [3.05, 3.63) is 65.2 Å². The second kappa shape index (κ2) is 42.5. The van der Waals surface area contributed by atoms with Crippen LogP contribution in [0.4, 0.5) is 0 Å². The summed E-state index contributed by atoms with van der Waals surface area (Å²) in [5.74, 6) is 82.7. The molecule has 0 N–H and O–H groups in total. The van der Waals surface area contributed by atoms with E-state index in [1.165, 1.54) is 81.8 Å². The van der Waals surface area contributed by atoms with Gasteiger partial charge in [-0.2, -0.15) is 4.48 Å². The Hall–Kier alpha value is -9.58. The molecule has 390 valence electrons. The van der Waals surface area contributed by atoms with Gasteiger partial charge in [0.1, 0.15) is 6.54 Å². The number of unbranched alkanes of at least 4 members (excludes halogenated alkanes) is 11.